The molecule has 0 rings (SSSR count). The van der Waals surface area contributed by atoms with Gasteiger partial charge in [0.05, 0.1) is 6.61 Å². The van der Waals surface area contributed by atoms with Crippen LogP contribution in [0.1, 0.15) is 20.3 Å². The van der Waals surface area contributed by atoms with Crippen LogP contribution in [0.2, 0.25) is 0 Å². The summed E-state index contributed by atoms with van der Waals surface area (Å²) in [6, 6.07) is -0.465. The maximum atomic E-state index is 11.1. The predicted molar refractivity (Wildman–Crippen MR) is 61.4 cm³/mol. The van der Waals surface area contributed by atoms with Crippen LogP contribution >= 0.6 is 11.8 Å². The summed E-state index contributed by atoms with van der Waals surface area (Å²) >= 11 is 1.77. The van der Waals surface area contributed by atoms with Crippen LogP contribution < -0.4 is 5.73 Å². The number of carbonyl (C=O) groups is 1. The Kier molecular flexibility index (Phi) is 8.78. The van der Waals surface area contributed by atoms with Gasteiger partial charge in [-0.15, -0.1) is 0 Å². The number of hydrogen-bond acceptors (Lipinski definition) is 4. The molecule has 0 aliphatic rings. The molecular formula is C10H19NO2S. The molecule has 0 bridgehead atoms. The Morgan fingerprint density at radius 1 is 1.64 bits per heavy atom. The van der Waals surface area contributed by atoms with E-state index in [1.54, 1.807) is 18.7 Å². The van der Waals surface area contributed by atoms with Gasteiger partial charge in [0.25, 0.3) is 0 Å². The fraction of sp³-hybridized carbons (Fsp3) is 0.700. The number of allylic oxidation sites excluding steroid dienone is 1. The van der Waals surface area contributed by atoms with Gasteiger partial charge in [0.15, 0.2) is 0 Å². The molecule has 0 aliphatic heterocycles. The number of thioether (sulfide) groups is 1. The fourth-order valence-corrected chi connectivity index (χ4v) is 1.74. The van der Waals surface area contributed by atoms with Gasteiger partial charge in [-0.05, 0) is 26.0 Å². The molecule has 4 heteroatoms. The molecule has 14 heavy (non-hydrogen) atoms. The Balaban J connectivity index is 3.43. The van der Waals surface area contributed by atoms with E-state index in [2.05, 4.69) is 6.08 Å². The van der Waals surface area contributed by atoms with Crippen LogP contribution in [0, 0.1) is 0 Å². The normalized spacial score (nSPS) is 13.1. The van der Waals surface area contributed by atoms with Gasteiger partial charge in [0.1, 0.15) is 6.04 Å². The number of rotatable bonds is 7. The summed E-state index contributed by atoms with van der Waals surface area (Å²) in [7, 11) is 0. The molecule has 3 nitrogen and oxygen atoms in total. The molecular weight excluding hydrogens is 198 g/mol. The van der Waals surface area contributed by atoms with Crippen molar-refractivity contribution in [2.24, 2.45) is 5.73 Å². The van der Waals surface area contributed by atoms with Crippen LogP contribution in [0.4, 0.5) is 0 Å². The average Bonchev–Trinajstić information content (AvgIpc) is 2.17. The fourth-order valence-electron chi connectivity index (χ4n) is 0.825. The van der Waals surface area contributed by atoms with Gasteiger partial charge >= 0.3 is 5.97 Å². The zero-order valence-electron chi connectivity index (χ0n) is 8.86. The van der Waals surface area contributed by atoms with E-state index in [1.165, 1.54) is 0 Å². The van der Waals surface area contributed by atoms with E-state index in [9.17, 15) is 4.79 Å². The van der Waals surface area contributed by atoms with Crippen LogP contribution in [0.3, 0.4) is 0 Å². The highest BCUT2D eigenvalue weighted by molar-refractivity contribution is 7.99. The molecule has 1 atom stereocenters. The van der Waals surface area contributed by atoms with E-state index in [-0.39, 0.29) is 5.97 Å². The molecule has 0 heterocycles. The Hall–Kier alpha value is -0.480. The van der Waals surface area contributed by atoms with Gasteiger partial charge < -0.3 is 10.5 Å². The first-order valence-electron chi connectivity index (χ1n) is 4.83. The molecule has 0 saturated carbocycles. The second-order valence-corrected chi connectivity index (χ2v) is 3.94. The standard InChI is InChI=1S/C10H19NO2S/c1-3-5-7-14-8-6-9(11)10(12)13-4-2/h3,5,9H,4,6-8,11H2,1-2H3. The van der Waals surface area contributed by atoms with Crippen LogP contribution in [-0.2, 0) is 9.53 Å². The number of hydrogen-bond donors (Lipinski definition) is 1. The van der Waals surface area contributed by atoms with Crippen molar-refractivity contribution in [1.82, 2.24) is 0 Å². The molecule has 0 fully saturated rings. The minimum absolute atomic E-state index is 0.292. The third kappa shape index (κ3) is 6.97. The van der Waals surface area contributed by atoms with Crippen molar-refractivity contribution >= 4 is 17.7 Å². The van der Waals surface area contributed by atoms with Crippen molar-refractivity contribution in [2.45, 2.75) is 26.3 Å². The van der Waals surface area contributed by atoms with Crippen LogP contribution in [0.15, 0.2) is 12.2 Å². The number of ether oxygens (including phenoxy) is 1. The number of nitrogens with two attached hydrogens (primary N) is 1. The zero-order valence-corrected chi connectivity index (χ0v) is 9.68. The van der Waals surface area contributed by atoms with Gasteiger partial charge in [-0.3, -0.25) is 4.79 Å². The van der Waals surface area contributed by atoms with Gasteiger partial charge in [0, 0.05) is 5.75 Å². The largest absolute Gasteiger partial charge is 0.465 e. The highest BCUT2D eigenvalue weighted by atomic mass is 32.2. The van der Waals surface area contributed by atoms with Crippen molar-refractivity contribution in [2.75, 3.05) is 18.1 Å². The molecule has 0 aromatic rings. The first kappa shape index (κ1) is 13.5. The van der Waals surface area contributed by atoms with E-state index < -0.39 is 6.04 Å². The molecule has 0 aromatic heterocycles. The van der Waals surface area contributed by atoms with E-state index >= 15 is 0 Å². The molecule has 2 N–H and O–H groups in total. The molecule has 0 saturated heterocycles. The smallest absolute Gasteiger partial charge is 0.322 e. The van der Waals surface area contributed by atoms with Crippen molar-refractivity contribution in [3.63, 3.8) is 0 Å². The first-order valence-corrected chi connectivity index (χ1v) is 5.99. The lowest BCUT2D eigenvalue weighted by molar-refractivity contribution is -0.144. The molecule has 82 valence electrons. The minimum Gasteiger partial charge on any atom is -0.465 e. The van der Waals surface area contributed by atoms with E-state index in [4.69, 9.17) is 10.5 Å². The van der Waals surface area contributed by atoms with E-state index in [0.29, 0.717) is 13.0 Å². The number of carbonyl (C=O) groups excluding carboxylic acids is 1. The lowest BCUT2D eigenvalue weighted by Gasteiger charge is -2.09. The minimum atomic E-state index is -0.465. The predicted octanol–water partition coefficient (Wildman–Crippen LogP) is 1.58. The summed E-state index contributed by atoms with van der Waals surface area (Å²) in [4.78, 5) is 11.1. The van der Waals surface area contributed by atoms with Crippen molar-refractivity contribution in [3.8, 4) is 0 Å². The molecule has 0 spiro atoms. The monoisotopic (exact) mass is 217 g/mol. The lowest BCUT2D eigenvalue weighted by atomic mass is 10.2. The SMILES string of the molecule is CC=CCSCCC(N)C(=O)OCC. The second kappa shape index (κ2) is 9.09. The van der Waals surface area contributed by atoms with Crippen molar-refractivity contribution < 1.29 is 9.53 Å². The van der Waals surface area contributed by atoms with Crippen LogP contribution in [0.5, 0.6) is 0 Å². The summed E-state index contributed by atoms with van der Waals surface area (Å²) in [5.74, 6) is 1.58. The number of esters is 1. The van der Waals surface area contributed by atoms with Crippen LogP contribution in [0.25, 0.3) is 0 Å². The molecule has 0 amide bonds. The van der Waals surface area contributed by atoms with Gasteiger partial charge in [0.2, 0.25) is 0 Å². The average molecular weight is 217 g/mol. The lowest BCUT2D eigenvalue weighted by Crippen LogP contribution is -2.32. The highest BCUT2D eigenvalue weighted by Crippen LogP contribution is 2.05. The maximum absolute atomic E-state index is 11.1. The first-order chi connectivity index (χ1) is 6.72. The van der Waals surface area contributed by atoms with E-state index in [1.807, 2.05) is 13.0 Å². The van der Waals surface area contributed by atoms with Crippen molar-refractivity contribution in [1.29, 1.82) is 0 Å². The molecule has 0 aliphatic carbocycles. The maximum Gasteiger partial charge on any atom is 0.322 e. The topological polar surface area (TPSA) is 52.3 Å². The summed E-state index contributed by atoms with van der Waals surface area (Å²) in [5, 5.41) is 0. The zero-order chi connectivity index (χ0) is 10.8. The second-order valence-electron chi connectivity index (χ2n) is 2.79. The van der Waals surface area contributed by atoms with Gasteiger partial charge in [-0.1, -0.05) is 12.2 Å². The third-order valence-electron chi connectivity index (χ3n) is 1.61. The summed E-state index contributed by atoms with van der Waals surface area (Å²) in [5.41, 5.74) is 5.61. The van der Waals surface area contributed by atoms with Crippen molar-refractivity contribution in [3.05, 3.63) is 12.2 Å². The quantitative estimate of drug-likeness (QED) is 0.399. The molecule has 0 radical (unpaired) electrons. The third-order valence-corrected chi connectivity index (χ3v) is 2.56. The van der Waals surface area contributed by atoms with E-state index in [0.717, 1.165) is 11.5 Å². The summed E-state index contributed by atoms with van der Waals surface area (Å²) in [6.07, 6.45) is 4.78. The Morgan fingerprint density at radius 3 is 2.93 bits per heavy atom. The molecule has 1 unspecified atom stereocenters. The van der Waals surface area contributed by atoms with Gasteiger partial charge in [-0.25, -0.2) is 0 Å². The summed E-state index contributed by atoms with van der Waals surface area (Å²) in [6.45, 7) is 4.18. The summed E-state index contributed by atoms with van der Waals surface area (Å²) < 4.78 is 4.79. The van der Waals surface area contributed by atoms with Gasteiger partial charge in [-0.2, -0.15) is 11.8 Å². The Labute approximate surface area is 90.1 Å². The Bertz CT molecular complexity index is 183. The molecule has 0 aromatic carbocycles. The Morgan fingerprint density at radius 2 is 2.36 bits per heavy atom. The van der Waals surface area contributed by atoms with Crippen LogP contribution in [-0.4, -0.2) is 30.1 Å². The highest BCUT2D eigenvalue weighted by Gasteiger charge is 2.13.